The molecule has 1 fully saturated rings. The van der Waals surface area contributed by atoms with Crippen LogP contribution in [0.5, 0.6) is 11.5 Å². The van der Waals surface area contributed by atoms with Gasteiger partial charge in [-0.25, -0.2) is 0 Å². The standard InChI is InChI=1S/C14H16N2O4S/c1-19-10-3-4-11(20-6-2-5-15)9(7-10)8-12-13(17)16-14(18)21-12/h3-4,7-8H,2,5-6,15H2,1H3,(H,16,17,18). The Morgan fingerprint density at radius 1 is 1.38 bits per heavy atom. The van der Waals surface area contributed by atoms with E-state index in [0.29, 0.717) is 35.1 Å². The van der Waals surface area contributed by atoms with Gasteiger partial charge in [0.2, 0.25) is 0 Å². The number of thioether (sulfide) groups is 1. The zero-order chi connectivity index (χ0) is 15.2. The van der Waals surface area contributed by atoms with Crippen LogP contribution in [0.4, 0.5) is 4.79 Å². The monoisotopic (exact) mass is 308 g/mol. The van der Waals surface area contributed by atoms with Crippen LogP contribution in [-0.4, -0.2) is 31.4 Å². The number of nitrogens with two attached hydrogens (primary N) is 1. The molecule has 112 valence electrons. The summed E-state index contributed by atoms with van der Waals surface area (Å²) in [5, 5.41) is 1.84. The van der Waals surface area contributed by atoms with Crippen LogP contribution in [0.1, 0.15) is 12.0 Å². The van der Waals surface area contributed by atoms with Crippen molar-refractivity contribution in [3.05, 3.63) is 28.7 Å². The molecule has 1 aliphatic rings. The number of rotatable bonds is 6. The number of methoxy groups -OCH3 is 1. The second-order valence-corrected chi connectivity index (χ2v) is 5.26. The summed E-state index contributed by atoms with van der Waals surface area (Å²) in [5.74, 6) is 0.855. The molecule has 0 spiro atoms. The Morgan fingerprint density at radius 2 is 2.19 bits per heavy atom. The van der Waals surface area contributed by atoms with Crippen molar-refractivity contribution in [2.75, 3.05) is 20.3 Å². The summed E-state index contributed by atoms with van der Waals surface area (Å²) in [7, 11) is 1.56. The lowest BCUT2D eigenvalue weighted by Crippen LogP contribution is -2.17. The number of hydrogen-bond acceptors (Lipinski definition) is 6. The van der Waals surface area contributed by atoms with Gasteiger partial charge in [-0.15, -0.1) is 0 Å². The maximum atomic E-state index is 11.6. The molecule has 0 aliphatic carbocycles. The minimum Gasteiger partial charge on any atom is -0.497 e. The first-order valence-electron chi connectivity index (χ1n) is 6.40. The van der Waals surface area contributed by atoms with Crippen LogP contribution in [0.15, 0.2) is 23.1 Å². The molecular weight excluding hydrogens is 292 g/mol. The third-order valence-corrected chi connectivity index (χ3v) is 3.56. The molecule has 1 aliphatic heterocycles. The number of carbonyl (C=O) groups excluding carboxylic acids is 2. The SMILES string of the molecule is COc1ccc(OCCCN)c(C=C2SC(=O)NC2=O)c1. The Labute approximate surface area is 126 Å². The molecule has 3 N–H and O–H groups in total. The highest BCUT2D eigenvalue weighted by atomic mass is 32.2. The van der Waals surface area contributed by atoms with Gasteiger partial charge in [-0.2, -0.15) is 0 Å². The number of benzene rings is 1. The molecule has 21 heavy (non-hydrogen) atoms. The normalized spacial score (nSPS) is 16.2. The molecule has 1 saturated heterocycles. The first-order valence-corrected chi connectivity index (χ1v) is 7.21. The second-order valence-electron chi connectivity index (χ2n) is 4.25. The van der Waals surface area contributed by atoms with Crippen LogP contribution in [0.2, 0.25) is 0 Å². The quantitative estimate of drug-likeness (QED) is 0.614. The van der Waals surface area contributed by atoms with E-state index in [0.717, 1.165) is 18.2 Å². The molecule has 2 rings (SSSR count). The fourth-order valence-corrected chi connectivity index (χ4v) is 2.40. The van der Waals surface area contributed by atoms with Gasteiger partial charge >= 0.3 is 0 Å². The van der Waals surface area contributed by atoms with Gasteiger partial charge in [0.1, 0.15) is 11.5 Å². The Balaban J connectivity index is 2.28. The number of carbonyl (C=O) groups is 2. The molecule has 0 saturated carbocycles. The van der Waals surface area contributed by atoms with Gasteiger partial charge in [0.05, 0.1) is 18.6 Å². The molecule has 7 heteroatoms. The molecule has 1 heterocycles. The molecule has 0 unspecified atom stereocenters. The van der Waals surface area contributed by atoms with E-state index in [2.05, 4.69) is 5.32 Å². The third-order valence-electron chi connectivity index (χ3n) is 2.75. The largest absolute Gasteiger partial charge is 0.497 e. The number of ether oxygens (including phenoxy) is 2. The van der Waals surface area contributed by atoms with Gasteiger partial charge in [0.15, 0.2) is 0 Å². The Morgan fingerprint density at radius 3 is 2.81 bits per heavy atom. The summed E-state index contributed by atoms with van der Waals surface area (Å²) >= 11 is 0.864. The molecule has 0 atom stereocenters. The van der Waals surface area contributed by atoms with Crippen molar-refractivity contribution < 1.29 is 19.1 Å². The van der Waals surface area contributed by atoms with Gasteiger partial charge in [0, 0.05) is 5.56 Å². The molecule has 0 bridgehead atoms. The average Bonchev–Trinajstić information content (AvgIpc) is 2.78. The molecule has 0 aromatic heterocycles. The maximum absolute atomic E-state index is 11.6. The van der Waals surface area contributed by atoms with Crippen LogP contribution in [0.3, 0.4) is 0 Å². The van der Waals surface area contributed by atoms with Crippen molar-refractivity contribution in [1.82, 2.24) is 5.32 Å². The van der Waals surface area contributed by atoms with Crippen molar-refractivity contribution in [2.24, 2.45) is 5.73 Å². The Bertz CT molecular complexity index is 586. The Hall–Kier alpha value is -1.99. The lowest BCUT2D eigenvalue weighted by molar-refractivity contribution is -0.115. The summed E-state index contributed by atoms with van der Waals surface area (Å²) in [4.78, 5) is 23.1. The molecular formula is C14H16N2O4S. The minimum atomic E-state index is -0.402. The lowest BCUT2D eigenvalue weighted by atomic mass is 10.1. The maximum Gasteiger partial charge on any atom is 0.290 e. The first kappa shape index (κ1) is 15.4. The minimum absolute atomic E-state index is 0.330. The van der Waals surface area contributed by atoms with Crippen molar-refractivity contribution in [3.8, 4) is 11.5 Å². The molecule has 6 nitrogen and oxygen atoms in total. The predicted octanol–water partition coefficient (Wildman–Crippen LogP) is 1.75. The number of amides is 2. The number of hydrogen-bond donors (Lipinski definition) is 2. The summed E-state index contributed by atoms with van der Waals surface area (Å²) in [5.41, 5.74) is 6.12. The first-order chi connectivity index (χ1) is 10.1. The van der Waals surface area contributed by atoms with E-state index in [1.807, 2.05) is 0 Å². The zero-order valence-corrected chi connectivity index (χ0v) is 12.4. The zero-order valence-electron chi connectivity index (χ0n) is 11.5. The van der Waals surface area contributed by atoms with E-state index < -0.39 is 5.91 Å². The van der Waals surface area contributed by atoms with Gasteiger partial charge in [0.25, 0.3) is 11.1 Å². The van der Waals surface area contributed by atoms with E-state index in [-0.39, 0.29) is 5.24 Å². The summed E-state index contributed by atoms with van der Waals surface area (Å²) in [6.07, 6.45) is 2.35. The van der Waals surface area contributed by atoms with Crippen LogP contribution in [0, 0.1) is 0 Å². The van der Waals surface area contributed by atoms with Crippen molar-refractivity contribution >= 4 is 29.0 Å². The second kappa shape index (κ2) is 7.14. The van der Waals surface area contributed by atoms with Crippen molar-refractivity contribution in [2.45, 2.75) is 6.42 Å². The van der Waals surface area contributed by atoms with E-state index in [1.165, 1.54) is 0 Å². The molecule has 2 amide bonds. The lowest BCUT2D eigenvalue weighted by Gasteiger charge is -2.10. The highest BCUT2D eigenvalue weighted by molar-refractivity contribution is 8.18. The third kappa shape index (κ3) is 3.99. The van der Waals surface area contributed by atoms with Crippen LogP contribution in [0.25, 0.3) is 6.08 Å². The smallest absolute Gasteiger partial charge is 0.290 e. The number of nitrogens with one attached hydrogen (secondary N) is 1. The summed E-state index contributed by atoms with van der Waals surface area (Å²) < 4.78 is 10.8. The van der Waals surface area contributed by atoms with Gasteiger partial charge in [-0.1, -0.05) is 0 Å². The number of imide groups is 1. The molecule has 1 aromatic carbocycles. The van der Waals surface area contributed by atoms with Crippen LogP contribution >= 0.6 is 11.8 Å². The highest BCUT2D eigenvalue weighted by Crippen LogP contribution is 2.31. The predicted molar refractivity (Wildman–Crippen MR) is 81.3 cm³/mol. The highest BCUT2D eigenvalue weighted by Gasteiger charge is 2.25. The molecule has 0 radical (unpaired) electrons. The van der Waals surface area contributed by atoms with Gasteiger partial charge < -0.3 is 15.2 Å². The molecule has 1 aromatic rings. The van der Waals surface area contributed by atoms with Gasteiger partial charge in [-0.05, 0) is 49.0 Å². The van der Waals surface area contributed by atoms with Crippen molar-refractivity contribution in [1.29, 1.82) is 0 Å². The fraction of sp³-hybridized carbons (Fsp3) is 0.286. The Kier molecular flexibility index (Phi) is 5.24. The van der Waals surface area contributed by atoms with E-state index >= 15 is 0 Å². The fourth-order valence-electron chi connectivity index (χ4n) is 1.73. The van der Waals surface area contributed by atoms with Crippen LogP contribution < -0.4 is 20.5 Å². The van der Waals surface area contributed by atoms with E-state index in [4.69, 9.17) is 15.2 Å². The average molecular weight is 308 g/mol. The van der Waals surface area contributed by atoms with Crippen molar-refractivity contribution in [3.63, 3.8) is 0 Å². The topological polar surface area (TPSA) is 90.7 Å². The summed E-state index contributed by atoms with van der Waals surface area (Å²) in [6, 6.07) is 5.29. The van der Waals surface area contributed by atoms with Gasteiger partial charge in [-0.3, -0.25) is 14.9 Å². The van der Waals surface area contributed by atoms with Crippen LogP contribution in [-0.2, 0) is 4.79 Å². The summed E-state index contributed by atoms with van der Waals surface area (Å²) in [6.45, 7) is 1.02. The van der Waals surface area contributed by atoms with E-state index in [9.17, 15) is 9.59 Å². The van der Waals surface area contributed by atoms with E-state index in [1.54, 1.807) is 31.4 Å².